The molecular weight excluding hydrogens is 616 g/mol. The van der Waals surface area contributed by atoms with E-state index in [1.165, 1.54) is 26.7 Å². The molecule has 0 saturated carbocycles. The zero-order chi connectivity index (χ0) is 31.9. The van der Waals surface area contributed by atoms with Crippen molar-refractivity contribution >= 4 is 23.1 Å². The summed E-state index contributed by atoms with van der Waals surface area (Å²) in [6, 6.07) is 28.2. The van der Waals surface area contributed by atoms with Gasteiger partial charge >= 0.3 is 23.1 Å². The average Bonchev–Trinajstić information content (AvgIpc) is 3.67. The minimum atomic E-state index is 0. The number of carbonyl (C=O) groups excluding carboxylic acids is 4. The van der Waals surface area contributed by atoms with E-state index in [9.17, 15) is 9.59 Å². The Hall–Kier alpha value is -5.19. The van der Waals surface area contributed by atoms with Crippen LogP contribution in [0.25, 0.3) is 0 Å². The summed E-state index contributed by atoms with van der Waals surface area (Å²) in [4.78, 5) is 36.5. The Balaban J connectivity index is 0.000000208. The van der Waals surface area contributed by atoms with Crippen molar-refractivity contribution in [3.8, 4) is 34.5 Å². The first kappa shape index (κ1) is 36.0. The standard InChI is InChI=1S/2C10H9O2.2C7H6O3.Ti/c2*1-8(11)7-10(12)9-5-3-2-4-6-9;2*8-5-1-2-6-7(3-5)10-4-9-6;/h2*2-7H,1H3;2*1-3,8H,4H2;/q2*+1;;;/p+6. The van der Waals surface area contributed by atoms with Crippen LogP contribution in [0.2, 0.25) is 0 Å². The van der Waals surface area contributed by atoms with E-state index < -0.39 is 0 Å². The molecule has 4 aromatic carbocycles. The van der Waals surface area contributed by atoms with Gasteiger partial charge in [0.15, 0.2) is 23.0 Å². The molecule has 0 saturated heterocycles. The molecular formula is C34H36O10Ti+8. The van der Waals surface area contributed by atoms with Gasteiger partial charge in [-0.3, -0.25) is 9.59 Å². The second-order valence-electron chi connectivity index (χ2n) is 9.21. The van der Waals surface area contributed by atoms with Gasteiger partial charge in [0, 0.05) is 58.1 Å². The number of hydrogen-bond donors (Lipinski definition) is 0. The van der Waals surface area contributed by atoms with Crippen molar-refractivity contribution in [3.05, 3.63) is 121 Å². The third kappa shape index (κ3) is 12.5. The molecule has 0 radical (unpaired) electrons. The third-order valence-corrected chi connectivity index (χ3v) is 5.58. The maximum atomic E-state index is 9.37. The molecule has 6 rings (SSSR count). The summed E-state index contributed by atoms with van der Waals surface area (Å²) in [5, 5.41) is 14.5. The van der Waals surface area contributed by atoms with Crippen molar-refractivity contribution in [2.45, 2.75) is 13.8 Å². The fourth-order valence-corrected chi connectivity index (χ4v) is 3.57. The van der Waals surface area contributed by atoms with Crippen LogP contribution < -0.4 is 18.9 Å². The Labute approximate surface area is 275 Å². The number of ketones is 4. The minimum Gasteiger partial charge on any atom is -0.593 e. The quantitative estimate of drug-likeness (QED) is 0.0990. The van der Waals surface area contributed by atoms with Crippen LogP contribution in [-0.2, 0) is 21.7 Å². The summed E-state index contributed by atoms with van der Waals surface area (Å²) in [6.45, 7) is 3.58. The summed E-state index contributed by atoms with van der Waals surface area (Å²) < 4.78 is 20.2. The largest absolute Gasteiger partial charge is 0.593 e. The van der Waals surface area contributed by atoms with E-state index in [0.29, 0.717) is 34.1 Å². The first-order valence-electron chi connectivity index (χ1n) is 13.3. The first-order chi connectivity index (χ1) is 21.1. The van der Waals surface area contributed by atoms with Gasteiger partial charge in [0.25, 0.3) is 24.3 Å². The van der Waals surface area contributed by atoms with Gasteiger partial charge in [0.1, 0.15) is 0 Å². The molecule has 0 aliphatic carbocycles. The van der Waals surface area contributed by atoms with Crippen LogP contribution in [0.1, 0.15) is 25.0 Å². The molecule has 11 heteroatoms. The van der Waals surface area contributed by atoms with E-state index in [4.69, 9.17) is 38.7 Å². The van der Waals surface area contributed by atoms with Crippen LogP contribution >= 0.6 is 0 Å². The molecule has 4 aromatic rings. The summed E-state index contributed by atoms with van der Waals surface area (Å²) in [5.74, 6) is 4.06. The Morgan fingerprint density at radius 2 is 0.867 bits per heavy atom. The fraction of sp³-hybridized carbons (Fsp3) is 0.118. The number of hydrogen-bond acceptors (Lipinski definition) is 4. The molecule has 0 fully saturated rings. The molecule has 10 nitrogen and oxygen atoms in total. The zero-order valence-electron chi connectivity index (χ0n) is 24.7. The van der Waals surface area contributed by atoms with Crippen molar-refractivity contribution in [3.63, 3.8) is 0 Å². The summed E-state index contributed by atoms with van der Waals surface area (Å²) in [5.41, 5.74) is 1.40. The Kier molecular flexibility index (Phi) is 14.8. The fourth-order valence-electron chi connectivity index (χ4n) is 3.57. The molecule has 0 amide bonds. The Bertz CT molecular complexity index is 1450. The zero-order valence-corrected chi connectivity index (χ0v) is 26.3. The smallest absolute Gasteiger partial charge is 0.512 e. The monoisotopic (exact) mass is 652 g/mol. The second kappa shape index (κ2) is 18.5. The Morgan fingerprint density at radius 3 is 1.20 bits per heavy atom. The van der Waals surface area contributed by atoms with Gasteiger partial charge < -0.3 is 29.2 Å². The second-order valence-corrected chi connectivity index (χ2v) is 9.21. The van der Waals surface area contributed by atoms with Crippen LogP contribution in [0, 0.1) is 12.8 Å². The van der Waals surface area contributed by atoms with E-state index >= 15 is 0 Å². The van der Waals surface area contributed by atoms with Gasteiger partial charge in [-0.15, -0.1) is 0 Å². The van der Waals surface area contributed by atoms with Crippen LogP contribution in [-0.4, -0.2) is 66.1 Å². The molecule has 2 aliphatic heterocycles. The van der Waals surface area contributed by atoms with Crippen LogP contribution in [0.15, 0.2) is 97.1 Å². The van der Waals surface area contributed by atoms with Gasteiger partial charge in [0.2, 0.25) is 24.7 Å². The molecule has 0 atom stereocenters. The molecule has 228 valence electrons. The van der Waals surface area contributed by atoms with Crippen molar-refractivity contribution < 1.29 is 70.1 Å². The van der Waals surface area contributed by atoms with Crippen molar-refractivity contribution in [1.29, 1.82) is 0 Å². The van der Waals surface area contributed by atoms with Crippen molar-refractivity contribution in [1.82, 2.24) is 0 Å². The molecule has 8 N–H and O–H groups in total. The van der Waals surface area contributed by atoms with Crippen LogP contribution in [0.3, 0.4) is 0 Å². The van der Waals surface area contributed by atoms with Gasteiger partial charge in [-0.05, 0) is 36.4 Å². The minimum absolute atomic E-state index is 0. The van der Waals surface area contributed by atoms with Crippen molar-refractivity contribution in [2.75, 3.05) is 13.6 Å². The van der Waals surface area contributed by atoms with Crippen LogP contribution in [0.5, 0.6) is 34.5 Å². The van der Waals surface area contributed by atoms with Gasteiger partial charge in [-0.25, -0.2) is 9.59 Å². The third-order valence-electron chi connectivity index (χ3n) is 5.58. The molecule has 0 unspecified atom stereocenters. The van der Waals surface area contributed by atoms with Gasteiger partial charge in [-0.2, -0.15) is 0 Å². The predicted molar refractivity (Wildman–Crippen MR) is 170 cm³/mol. The topological polar surface area (TPSA) is 168 Å². The molecule has 45 heavy (non-hydrogen) atoms. The molecule has 0 aromatic heterocycles. The maximum Gasteiger partial charge on any atom is 0.512 e. The van der Waals surface area contributed by atoms with Gasteiger partial charge in [-0.1, -0.05) is 12.1 Å². The van der Waals surface area contributed by atoms with E-state index in [1.807, 2.05) is 36.4 Å². The molecule has 0 spiro atoms. The summed E-state index contributed by atoms with van der Waals surface area (Å²) >= 11 is 0. The summed E-state index contributed by atoms with van der Waals surface area (Å²) in [6.07, 6.45) is 2.63. The number of ether oxygens (including phenoxy) is 4. The number of rotatable bonds is 6. The number of fused-ring (bicyclic) bond motifs is 2. The van der Waals surface area contributed by atoms with E-state index in [0.717, 1.165) is 11.5 Å². The maximum absolute atomic E-state index is 9.37. The van der Waals surface area contributed by atoms with Gasteiger partial charge in [0.05, 0.1) is 26.0 Å². The van der Waals surface area contributed by atoms with E-state index in [-0.39, 0.29) is 58.4 Å². The average molecular weight is 653 g/mol. The SMILES string of the molecule is CC(=[OH+])[CH+]C(=[OH+])c1ccccc1.CC(=[OH+])[CH+]C(=[OH+])c1ccccc1.[OH2+]c1ccc2c(c1)OCO2.[OH2+]c1ccc2c(c1)OCO2.[Ti]. The van der Waals surface area contributed by atoms with Crippen LogP contribution in [0.4, 0.5) is 0 Å². The number of benzene rings is 4. The van der Waals surface area contributed by atoms with Crippen molar-refractivity contribution in [2.24, 2.45) is 0 Å². The van der Waals surface area contributed by atoms with E-state index in [1.54, 1.807) is 60.7 Å². The molecule has 2 heterocycles. The normalized spacial score (nSPS) is 10.9. The molecule has 0 bridgehead atoms. The molecule has 2 aliphatic rings. The Morgan fingerprint density at radius 1 is 0.533 bits per heavy atom. The first-order valence-corrected chi connectivity index (χ1v) is 13.3. The predicted octanol–water partition coefficient (Wildman–Crippen LogP) is 4.40. The summed E-state index contributed by atoms with van der Waals surface area (Å²) in [7, 11) is 0. The van der Waals surface area contributed by atoms with E-state index in [2.05, 4.69) is 0 Å².